The van der Waals surface area contributed by atoms with Crippen LogP contribution in [0.25, 0.3) is 0 Å². The summed E-state index contributed by atoms with van der Waals surface area (Å²) >= 11 is 0. The first-order valence-corrected chi connectivity index (χ1v) is 12.5. The maximum absolute atomic E-state index is 9.81. The highest BCUT2D eigenvalue weighted by Gasteiger charge is 2.24. The molecule has 0 heterocycles. The minimum absolute atomic E-state index is 0.0557. The zero-order chi connectivity index (χ0) is 24.3. The summed E-state index contributed by atoms with van der Waals surface area (Å²) in [6, 6.07) is 21.9. The molecule has 0 spiro atoms. The number of hydrogen-bond acceptors (Lipinski definition) is 2. The molecular weight excluding hydrogens is 402 g/mol. The molecule has 0 aliphatic rings. The van der Waals surface area contributed by atoms with Crippen molar-refractivity contribution < 1.29 is 4.74 Å². The van der Waals surface area contributed by atoms with Crippen LogP contribution in [-0.4, -0.2) is 7.11 Å². The maximum Gasteiger partial charge on any atom is 0.118 e. The lowest BCUT2D eigenvalue weighted by Gasteiger charge is -2.27. The second-order valence-electron chi connectivity index (χ2n) is 10.8. The normalized spacial score (nSPS) is 14.7. The third-order valence-electron chi connectivity index (χ3n) is 6.51. The van der Waals surface area contributed by atoms with Crippen LogP contribution < -0.4 is 4.74 Å². The second-order valence-corrected chi connectivity index (χ2v) is 10.8. The monoisotopic (exact) mass is 445 g/mol. The van der Waals surface area contributed by atoms with E-state index < -0.39 is 0 Å². The number of methoxy groups -OCH3 is 1. The highest BCUT2D eigenvalue weighted by atomic mass is 16.5. The third kappa shape index (κ3) is 9.47. The summed E-state index contributed by atoms with van der Waals surface area (Å²) in [7, 11) is 1.70. The van der Waals surface area contributed by atoms with E-state index in [1.54, 1.807) is 7.11 Å². The fraction of sp³-hybridized carbons (Fsp3) is 0.516. The van der Waals surface area contributed by atoms with E-state index in [0.717, 1.165) is 37.9 Å². The standard InChI is InChI=1S/C31H43NO/c1-24(2)29(23-32)22-28(26-16-18-30(33-6)19-17-26)21-27(25-13-9-7-10-14-25)15-11-8-12-20-31(3,4)5/h7-10,12-14,16-19,24,27-29H,11,15,20-22H2,1-6H3/b12-8+. The first kappa shape index (κ1) is 26.7. The van der Waals surface area contributed by atoms with Crippen LogP contribution in [0.5, 0.6) is 5.75 Å². The van der Waals surface area contributed by atoms with Crippen molar-refractivity contribution in [2.75, 3.05) is 7.11 Å². The van der Waals surface area contributed by atoms with E-state index in [2.05, 4.69) is 95.3 Å². The van der Waals surface area contributed by atoms with Crippen LogP contribution in [-0.2, 0) is 0 Å². The van der Waals surface area contributed by atoms with Crippen molar-refractivity contribution in [1.29, 1.82) is 5.26 Å². The van der Waals surface area contributed by atoms with Gasteiger partial charge in [-0.3, -0.25) is 0 Å². The molecule has 3 atom stereocenters. The van der Waals surface area contributed by atoms with Crippen molar-refractivity contribution >= 4 is 0 Å². The van der Waals surface area contributed by atoms with Gasteiger partial charge in [0.25, 0.3) is 0 Å². The molecule has 0 radical (unpaired) electrons. The quantitative estimate of drug-likeness (QED) is 0.305. The maximum atomic E-state index is 9.81. The van der Waals surface area contributed by atoms with Gasteiger partial charge in [0.15, 0.2) is 0 Å². The summed E-state index contributed by atoms with van der Waals surface area (Å²) in [5.74, 6) is 2.09. The molecular formula is C31H43NO. The van der Waals surface area contributed by atoms with Gasteiger partial charge in [0.2, 0.25) is 0 Å². The van der Waals surface area contributed by atoms with Crippen molar-refractivity contribution in [3.63, 3.8) is 0 Å². The van der Waals surface area contributed by atoms with Gasteiger partial charge >= 0.3 is 0 Å². The number of nitriles is 1. The number of rotatable bonds is 12. The zero-order valence-corrected chi connectivity index (χ0v) is 21.6. The molecule has 2 aromatic carbocycles. The van der Waals surface area contributed by atoms with Crippen LogP contribution in [0, 0.1) is 28.6 Å². The van der Waals surface area contributed by atoms with Crippen molar-refractivity contribution in [2.45, 2.75) is 78.6 Å². The van der Waals surface area contributed by atoms with E-state index >= 15 is 0 Å². The van der Waals surface area contributed by atoms with Gasteiger partial charge in [-0.2, -0.15) is 5.26 Å². The van der Waals surface area contributed by atoms with E-state index in [4.69, 9.17) is 4.74 Å². The lowest BCUT2D eigenvalue weighted by Crippen LogP contribution is -2.15. The lowest BCUT2D eigenvalue weighted by molar-refractivity contribution is 0.377. The lowest BCUT2D eigenvalue weighted by atomic mass is 9.77. The van der Waals surface area contributed by atoms with E-state index in [0.29, 0.717) is 23.2 Å². The molecule has 0 amide bonds. The van der Waals surface area contributed by atoms with Crippen molar-refractivity contribution in [1.82, 2.24) is 0 Å². The predicted octanol–water partition coefficient (Wildman–Crippen LogP) is 8.91. The van der Waals surface area contributed by atoms with Crippen molar-refractivity contribution in [2.24, 2.45) is 17.3 Å². The van der Waals surface area contributed by atoms with Gasteiger partial charge in [0.05, 0.1) is 13.2 Å². The van der Waals surface area contributed by atoms with Crippen molar-refractivity contribution in [3.05, 3.63) is 77.9 Å². The molecule has 0 aliphatic heterocycles. The van der Waals surface area contributed by atoms with Crippen LogP contribution >= 0.6 is 0 Å². The Morgan fingerprint density at radius 2 is 1.52 bits per heavy atom. The van der Waals surface area contributed by atoms with Crippen LogP contribution in [0.15, 0.2) is 66.7 Å². The van der Waals surface area contributed by atoms with Crippen LogP contribution in [0.3, 0.4) is 0 Å². The molecule has 2 rings (SSSR count). The Hall–Kier alpha value is -2.53. The second kappa shape index (κ2) is 13.2. The molecule has 0 aliphatic carbocycles. The molecule has 2 aromatic rings. The summed E-state index contributed by atoms with van der Waals surface area (Å²) in [6.07, 6.45) is 9.95. The molecule has 33 heavy (non-hydrogen) atoms. The molecule has 2 heteroatoms. The molecule has 178 valence electrons. The molecule has 0 N–H and O–H groups in total. The Morgan fingerprint density at radius 3 is 2.06 bits per heavy atom. The number of benzene rings is 2. The fourth-order valence-corrected chi connectivity index (χ4v) is 4.37. The molecule has 2 nitrogen and oxygen atoms in total. The van der Waals surface area contributed by atoms with E-state index in [1.165, 1.54) is 11.1 Å². The van der Waals surface area contributed by atoms with Gasteiger partial charge in [-0.05, 0) is 78.5 Å². The number of allylic oxidation sites excluding steroid dienone is 2. The van der Waals surface area contributed by atoms with Gasteiger partial charge in [-0.25, -0.2) is 0 Å². The van der Waals surface area contributed by atoms with Gasteiger partial charge in [-0.1, -0.05) is 89.2 Å². The highest BCUT2D eigenvalue weighted by Crippen LogP contribution is 2.38. The Morgan fingerprint density at radius 1 is 0.879 bits per heavy atom. The Bertz CT molecular complexity index is 868. The largest absolute Gasteiger partial charge is 0.497 e. The van der Waals surface area contributed by atoms with Crippen LogP contribution in [0.2, 0.25) is 0 Å². The highest BCUT2D eigenvalue weighted by molar-refractivity contribution is 5.30. The molecule has 0 bridgehead atoms. The topological polar surface area (TPSA) is 33.0 Å². The number of hydrogen-bond donors (Lipinski definition) is 0. The average Bonchev–Trinajstić information content (AvgIpc) is 2.80. The summed E-state index contributed by atoms with van der Waals surface area (Å²) in [5.41, 5.74) is 3.04. The average molecular weight is 446 g/mol. The molecule has 3 unspecified atom stereocenters. The van der Waals surface area contributed by atoms with Crippen molar-refractivity contribution in [3.8, 4) is 11.8 Å². The SMILES string of the molecule is COc1ccc(C(CC(CC/C=C/CC(C)(C)C)c2ccccc2)CC(C#N)C(C)C)cc1. The molecule has 0 saturated heterocycles. The van der Waals surface area contributed by atoms with E-state index in [9.17, 15) is 5.26 Å². The number of nitrogens with zero attached hydrogens (tertiary/aromatic N) is 1. The summed E-state index contributed by atoms with van der Waals surface area (Å²) in [4.78, 5) is 0. The first-order valence-electron chi connectivity index (χ1n) is 12.5. The predicted molar refractivity (Wildman–Crippen MR) is 141 cm³/mol. The Balaban J connectivity index is 2.25. The minimum atomic E-state index is 0.0557. The van der Waals surface area contributed by atoms with Gasteiger partial charge in [0, 0.05) is 5.92 Å². The van der Waals surface area contributed by atoms with E-state index in [1.807, 2.05) is 12.1 Å². The van der Waals surface area contributed by atoms with Gasteiger partial charge < -0.3 is 4.74 Å². The number of ether oxygens (including phenoxy) is 1. The van der Waals surface area contributed by atoms with Crippen LogP contribution in [0.1, 0.15) is 89.7 Å². The molecule has 0 saturated carbocycles. The smallest absolute Gasteiger partial charge is 0.118 e. The Labute approximate surface area is 202 Å². The minimum Gasteiger partial charge on any atom is -0.497 e. The Kier molecular flexibility index (Phi) is 10.7. The van der Waals surface area contributed by atoms with E-state index in [-0.39, 0.29) is 5.92 Å². The summed E-state index contributed by atoms with van der Waals surface area (Å²) < 4.78 is 5.38. The van der Waals surface area contributed by atoms with Gasteiger partial charge in [-0.15, -0.1) is 0 Å². The summed E-state index contributed by atoms with van der Waals surface area (Å²) in [5, 5.41) is 9.81. The molecule has 0 fully saturated rings. The zero-order valence-electron chi connectivity index (χ0n) is 21.6. The summed E-state index contributed by atoms with van der Waals surface area (Å²) in [6.45, 7) is 11.2. The first-order chi connectivity index (χ1) is 15.7. The molecule has 0 aromatic heterocycles. The van der Waals surface area contributed by atoms with Gasteiger partial charge in [0.1, 0.15) is 5.75 Å². The third-order valence-corrected chi connectivity index (χ3v) is 6.51. The fourth-order valence-electron chi connectivity index (χ4n) is 4.37. The van der Waals surface area contributed by atoms with Crippen LogP contribution in [0.4, 0.5) is 0 Å².